The molecule has 2 nitrogen and oxygen atoms in total. The quantitative estimate of drug-likeness (QED) is 0.504. The molecule has 0 radical (unpaired) electrons. The van der Waals surface area contributed by atoms with E-state index in [0.717, 1.165) is 32.2 Å². The average molecular weight is 289 g/mol. The first-order valence-electron chi connectivity index (χ1n) is 8.02. The van der Waals surface area contributed by atoms with E-state index in [1.807, 2.05) is 0 Å². The van der Waals surface area contributed by atoms with E-state index < -0.39 is 13.0 Å². The van der Waals surface area contributed by atoms with Crippen molar-refractivity contribution in [3.05, 3.63) is 11.6 Å². The van der Waals surface area contributed by atoms with E-state index in [2.05, 4.69) is 18.3 Å². The van der Waals surface area contributed by atoms with Crippen molar-refractivity contribution in [2.24, 2.45) is 0 Å². The van der Waals surface area contributed by atoms with Crippen LogP contribution in [0.25, 0.3) is 0 Å². The molecule has 0 saturated heterocycles. The SMILES string of the molecule is CCCNC(CCOCC(F)F)C1=CCCCCCC1. The Labute approximate surface area is 122 Å². The van der Waals surface area contributed by atoms with E-state index in [4.69, 9.17) is 4.74 Å². The van der Waals surface area contributed by atoms with Gasteiger partial charge in [-0.05, 0) is 45.1 Å². The Morgan fingerprint density at radius 1 is 1.25 bits per heavy atom. The van der Waals surface area contributed by atoms with Crippen molar-refractivity contribution in [1.29, 1.82) is 0 Å². The molecule has 1 aliphatic carbocycles. The fourth-order valence-corrected chi connectivity index (χ4v) is 2.64. The van der Waals surface area contributed by atoms with Gasteiger partial charge >= 0.3 is 0 Å². The van der Waals surface area contributed by atoms with E-state index >= 15 is 0 Å². The standard InChI is InChI=1S/C16H29F2NO/c1-2-11-19-15(10-12-20-13-16(17)18)14-8-6-4-3-5-7-9-14/h8,15-16,19H,2-7,9-13H2,1H3. The van der Waals surface area contributed by atoms with Crippen LogP contribution in [0.1, 0.15) is 58.3 Å². The van der Waals surface area contributed by atoms with Crippen LogP contribution >= 0.6 is 0 Å². The van der Waals surface area contributed by atoms with Crippen molar-refractivity contribution in [2.45, 2.75) is 70.8 Å². The molecule has 4 heteroatoms. The van der Waals surface area contributed by atoms with E-state index in [0.29, 0.717) is 12.6 Å². The van der Waals surface area contributed by atoms with Gasteiger partial charge in [0.2, 0.25) is 0 Å². The summed E-state index contributed by atoms with van der Waals surface area (Å²) < 4.78 is 29.2. The minimum Gasteiger partial charge on any atom is -0.375 e. The van der Waals surface area contributed by atoms with Gasteiger partial charge in [0.15, 0.2) is 0 Å². The highest BCUT2D eigenvalue weighted by molar-refractivity contribution is 5.11. The first-order chi connectivity index (χ1) is 9.74. The molecule has 1 aliphatic rings. The molecule has 0 aromatic heterocycles. The Balaban J connectivity index is 2.43. The maximum Gasteiger partial charge on any atom is 0.261 e. The van der Waals surface area contributed by atoms with Crippen LogP contribution in [-0.4, -0.2) is 32.2 Å². The third-order valence-electron chi connectivity index (χ3n) is 3.71. The smallest absolute Gasteiger partial charge is 0.261 e. The van der Waals surface area contributed by atoms with Crippen molar-refractivity contribution in [2.75, 3.05) is 19.8 Å². The molecule has 0 amide bonds. The van der Waals surface area contributed by atoms with Crippen molar-refractivity contribution < 1.29 is 13.5 Å². The van der Waals surface area contributed by atoms with Gasteiger partial charge in [0.1, 0.15) is 6.61 Å². The first-order valence-corrected chi connectivity index (χ1v) is 8.02. The lowest BCUT2D eigenvalue weighted by Gasteiger charge is -2.23. The van der Waals surface area contributed by atoms with Crippen LogP contribution in [0.3, 0.4) is 0 Å². The summed E-state index contributed by atoms with van der Waals surface area (Å²) in [5.41, 5.74) is 1.46. The van der Waals surface area contributed by atoms with Crippen molar-refractivity contribution >= 4 is 0 Å². The third kappa shape index (κ3) is 7.95. The molecule has 1 unspecified atom stereocenters. The highest BCUT2D eigenvalue weighted by Gasteiger charge is 2.14. The molecule has 0 aromatic carbocycles. The number of halogens is 2. The topological polar surface area (TPSA) is 21.3 Å². The second kappa shape index (κ2) is 11.2. The Kier molecular flexibility index (Phi) is 9.85. The van der Waals surface area contributed by atoms with E-state index in [9.17, 15) is 8.78 Å². The van der Waals surface area contributed by atoms with Crippen molar-refractivity contribution in [3.8, 4) is 0 Å². The van der Waals surface area contributed by atoms with Crippen LogP contribution in [0.2, 0.25) is 0 Å². The Morgan fingerprint density at radius 2 is 2.05 bits per heavy atom. The Hall–Kier alpha value is -0.480. The predicted molar refractivity (Wildman–Crippen MR) is 79.3 cm³/mol. The number of hydrogen-bond acceptors (Lipinski definition) is 2. The number of ether oxygens (including phenoxy) is 1. The second-order valence-corrected chi connectivity index (χ2v) is 5.49. The van der Waals surface area contributed by atoms with Gasteiger partial charge in [-0.15, -0.1) is 0 Å². The van der Waals surface area contributed by atoms with Gasteiger partial charge in [0.05, 0.1) is 0 Å². The molecule has 1 atom stereocenters. The monoisotopic (exact) mass is 289 g/mol. The molecular weight excluding hydrogens is 260 g/mol. The highest BCUT2D eigenvalue weighted by atomic mass is 19.3. The predicted octanol–water partition coefficient (Wildman–Crippen LogP) is 4.31. The average Bonchev–Trinajstić information content (AvgIpc) is 2.38. The lowest BCUT2D eigenvalue weighted by atomic mass is 9.93. The van der Waals surface area contributed by atoms with Gasteiger partial charge in [0, 0.05) is 12.6 Å². The molecule has 118 valence electrons. The molecule has 1 N–H and O–H groups in total. The number of alkyl halides is 2. The van der Waals surface area contributed by atoms with Crippen LogP contribution < -0.4 is 5.32 Å². The number of rotatable bonds is 9. The summed E-state index contributed by atoms with van der Waals surface area (Å²) in [6.07, 6.45) is 9.30. The third-order valence-corrected chi connectivity index (χ3v) is 3.71. The normalized spacial score (nSPS) is 18.5. The number of allylic oxidation sites excluding steroid dienone is 1. The van der Waals surface area contributed by atoms with Gasteiger partial charge in [-0.25, -0.2) is 8.78 Å². The van der Waals surface area contributed by atoms with Crippen LogP contribution in [0.4, 0.5) is 8.78 Å². The fraction of sp³-hybridized carbons (Fsp3) is 0.875. The Morgan fingerprint density at radius 3 is 2.80 bits per heavy atom. The molecule has 0 fully saturated rings. The lowest BCUT2D eigenvalue weighted by molar-refractivity contribution is 0.0151. The summed E-state index contributed by atoms with van der Waals surface area (Å²) in [5.74, 6) is 0. The summed E-state index contributed by atoms with van der Waals surface area (Å²) in [4.78, 5) is 0. The largest absolute Gasteiger partial charge is 0.375 e. The molecule has 20 heavy (non-hydrogen) atoms. The molecule has 0 saturated carbocycles. The molecule has 0 bridgehead atoms. The lowest BCUT2D eigenvalue weighted by Crippen LogP contribution is -2.33. The maximum atomic E-state index is 12.1. The fourth-order valence-electron chi connectivity index (χ4n) is 2.64. The van der Waals surface area contributed by atoms with Crippen molar-refractivity contribution in [3.63, 3.8) is 0 Å². The van der Waals surface area contributed by atoms with Crippen LogP contribution in [0.5, 0.6) is 0 Å². The minimum atomic E-state index is -2.36. The summed E-state index contributed by atoms with van der Waals surface area (Å²) in [7, 11) is 0. The van der Waals surface area contributed by atoms with E-state index in [1.165, 1.54) is 31.3 Å². The highest BCUT2D eigenvalue weighted by Crippen LogP contribution is 2.21. The number of nitrogens with one attached hydrogen (secondary N) is 1. The van der Waals surface area contributed by atoms with Crippen LogP contribution in [0.15, 0.2) is 11.6 Å². The maximum absolute atomic E-state index is 12.1. The van der Waals surface area contributed by atoms with Gasteiger partial charge in [-0.1, -0.05) is 31.4 Å². The molecule has 0 heterocycles. The number of hydrogen-bond donors (Lipinski definition) is 1. The first kappa shape index (κ1) is 17.6. The van der Waals surface area contributed by atoms with Gasteiger partial charge in [0.25, 0.3) is 6.43 Å². The molecule has 0 aliphatic heterocycles. The zero-order valence-corrected chi connectivity index (χ0v) is 12.7. The summed E-state index contributed by atoms with van der Waals surface area (Å²) in [6.45, 7) is 3.07. The van der Waals surface area contributed by atoms with Gasteiger partial charge in [-0.3, -0.25) is 0 Å². The van der Waals surface area contributed by atoms with Gasteiger partial charge in [-0.2, -0.15) is 0 Å². The second-order valence-electron chi connectivity index (χ2n) is 5.49. The van der Waals surface area contributed by atoms with Gasteiger partial charge < -0.3 is 10.1 Å². The minimum absolute atomic E-state index is 0.297. The zero-order valence-electron chi connectivity index (χ0n) is 12.7. The van der Waals surface area contributed by atoms with E-state index in [-0.39, 0.29) is 0 Å². The van der Waals surface area contributed by atoms with Crippen LogP contribution in [0, 0.1) is 0 Å². The molecule has 1 rings (SSSR count). The summed E-state index contributed by atoms with van der Waals surface area (Å²) in [6, 6.07) is 0.297. The molecule has 0 aromatic rings. The Bertz CT molecular complexity index is 269. The molecular formula is C16H29F2NO. The van der Waals surface area contributed by atoms with E-state index in [1.54, 1.807) is 0 Å². The molecule has 0 spiro atoms. The van der Waals surface area contributed by atoms with Crippen molar-refractivity contribution in [1.82, 2.24) is 5.32 Å². The van der Waals surface area contributed by atoms with Crippen LogP contribution in [-0.2, 0) is 4.74 Å². The zero-order chi connectivity index (χ0) is 14.6. The summed E-state index contributed by atoms with van der Waals surface area (Å²) in [5, 5.41) is 3.54. The summed E-state index contributed by atoms with van der Waals surface area (Å²) >= 11 is 0.